The molecule has 1 unspecified atom stereocenters. The third kappa shape index (κ3) is 3.84. The van der Waals surface area contributed by atoms with Crippen LogP contribution >= 0.6 is 0 Å². The summed E-state index contributed by atoms with van der Waals surface area (Å²) in [4.78, 5) is 26.1. The number of amides is 2. The quantitative estimate of drug-likeness (QED) is 0.905. The number of unbranched alkanes of at least 4 members (excludes halogenated alkanes) is 1. The van der Waals surface area contributed by atoms with E-state index in [0.29, 0.717) is 13.0 Å². The molecular weight excluding hydrogens is 264 g/mol. The second kappa shape index (κ2) is 6.74. The number of carbonyl (C=O) groups is 2. The molecule has 1 aliphatic heterocycles. The molecule has 114 valence electrons. The first kappa shape index (κ1) is 15.5. The second-order valence-electron chi connectivity index (χ2n) is 5.90. The second-order valence-corrected chi connectivity index (χ2v) is 5.90. The van der Waals surface area contributed by atoms with E-state index in [4.69, 9.17) is 0 Å². The van der Waals surface area contributed by atoms with Crippen molar-refractivity contribution in [2.45, 2.75) is 40.0 Å². The van der Waals surface area contributed by atoms with Crippen LogP contribution in [0.15, 0.2) is 18.2 Å². The van der Waals surface area contributed by atoms with Gasteiger partial charge < -0.3 is 10.2 Å². The summed E-state index contributed by atoms with van der Waals surface area (Å²) in [5, 5.41) is 2.97. The number of rotatable bonds is 5. The average molecular weight is 288 g/mol. The Morgan fingerprint density at radius 2 is 2.14 bits per heavy atom. The molecule has 1 aromatic carbocycles. The molecule has 4 nitrogen and oxygen atoms in total. The van der Waals surface area contributed by atoms with E-state index in [-0.39, 0.29) is 17.7 Å². The maximum Gasteiger partial charge on any atom is 0.229 e. The van der Waals surface area contributed by atoms with Crippen molar-refractivity contribution in [3.63, 3.8) is 0 Å². The highest BCUT2D eigenvalue weighted by molar-refractivity contribution is 5.97. The molecule has 1 heterocycles. The molecule has 1 aromatic rings. The van der Waals surface area contributed by atoms with Gasteiger partial charge in [-0.25, -0.2) is 0 Å². The first-order valence-electron chi connectivity index (χ1n) is 7.67. The molecule has 4 heteroatoms. The van der Waals surface area contributed by atoms with Crippen LogP contribution in [0.2, 0.25) is 0 Å². The van der Waals surface area contributed by atoms with Crippen LogP contribution in [-0.4, -0.2) is 29.8 Å². The zero-order chi connectivity index (χ0) is 15.4. The Morgan fingerprint density at radius 3 is 2.86 bits per heavy atom. The minimum Gasteiger partial charge on any atom is -0.342 e. The van der Waals surface area contributed by atoms with E-state index < -0.39 is 0 Å². The van der Waals surface area contributed by atoms with Gasteiger partial charge in [-0.3, -0.25) is 9.59 Å². The predicted molar refractivity (Wildman–Crippen MR) is 84.1 cm³/mol. The van der Waals surface area contributed by atoms with Crippen LogP contribution in [0.4, 0.5) is 5.69 Å². The number of nitrogens with one attached hydrogen (secondary N) is 1. The number of nitrogens with zero attached hydrogens (tertiary/aromatic N) is 1. The van der Waals surface area contributed by atoms with Crippen LogP contribution in [0, 0.1) is 19.8 Å². The molecule has 0 radical (unpaired) electrons. The molecule has 0 saturated carbocycles. The van der Waals surface area contributed by atoms with Gasteiger partial charge in [-0.05, 0) is 37.5 Å². The smallest absolute Gasteiger partial charge is 0.229 e. The monoisotopic (exact) mass is 288 g/mol. The van der Waals surface area contributed by atoms with Crippen LogP contribution < -0.4 is 5.32 Å². The van der Waals surface area contributed by atoms with Crippen molar-refractivity contribution in [3.05, 3.63) is 29.3 Å². The summed E-state index contributed by atoms with van der Waals surface area (Å²) in [6.45, 7) is 7.40. The fourth-order valence-electron chi connectivity index (χ4n) is 2.62. The van der Waals surface area contributed by atoms with E-state index in [9.17, 15) is 9.59 Å². The summed E-state index contributed by atoms with van der Waals surface area (Å²) in [5.74, 6) is -0.171. The highest BCUT2D eigenvalue weighted by atomic mass is 16.2. The van der Waals surface area contributed by atoms with Crippen LogP contribution in [0.25, 0.3) is 0 Å². The molecule has 0 aromatic heterocycles. The van der Waals surface area contributed by atoms with Crippen molar-refractivity contribution < 1.29 is 9.59 Å². The molecule has 1 aliphatic rings. The lowest BCUT2D eigenvalue weighted by atomic mass is 10.1. The molecule has 1 N–H and O–H groups in total. The largest absolute Gasteiger partial charge is 0.342 e. The third-order valence-electron chi connectivity index (χ3n) is 4.02. The number of anilines is 1. The Morgan fingerprint density at radius 1 is 1.38 bits per heavy atom. The van der Waals surface area contributed by atoms with E-state index >= 15 is 0 Å². The highest BCUT2D eigenvalue weighted by Crippen LogP contribution is 2.22. The first-order chi connectivity index (χ1) is 10.0. The molecule has 21 heavy (non-hydrogen) atoms. The van der Waals surface area contributed by atoms with Crippen molar-refractivity contribution in [1.29, 1.82) is 0 Å². The van der Waals surface area contributed by atoms with Crippen molar-refractivity contribution in [2.75, 3.05) is 18.4 Å². The Hall–Kier alpha value is -1.84. The summed E-state index contributed by atoms with van der Waals surface area (Å²) in [6, 6.07) is 5.99. The van der Waals surface area contributed by atoms with Gasteiger partial charge in [-0.2, -0.15) is 0 Å². The van der Waals surface area contributed by atoms with Crippen molar-refractivity contribution in [3.8, 4) is 0 Å². The fraction of sp³-hybridized carbons (Fsp3) is 0.529. The van der Waals surface area contributed by atoms with Crippen molar-refractivity contribution >= 4 is 17.5 Å². The standard InChI is InChI=1S/C17H24N2O2/c1-4-5-8-19-11-14(10-16(19)20)17(21)18-15-9-12(2)6-7-13(15)3/h6-7,9,14H,4-5,8,10-11H2,1-3H3,(H,18,21). The minimum atomic E-state index is -0.228. The topological polar surface area (TPSA) is 49.4 Å². The number of aryl methyl sites for hydroxylation is 2. The number of carbonyl (C=O) groups excluding carboxylic acids is 2. The fourth-order valence-corrected chi connectivity index (χ4v) is 2.62. The molecule has 2 amide bonds. The molecule has 2 rings (SSSR count). The number of hydrogen-bond donors (Lipinski definition) is 1. The summed E-state index contributed by atoms with van der Waals surface area (Å²) in [6.07, 6.45) is 2.39. The molecule has 1 fully saturated rings. The number of likely N-dealkylation sites (tertiary alicyclic amines) is 1. The van der Waals surface area contributed by atoms with Crippen LogP contribution in [-0.2, 0) is 9.59 Å². The summed E-state index contributed by atoms with van der Waals surface area (Å²) in [7, 11) is 0. The predicted octanol–water partition coefficient (Wildman–Crippen LogP) is 2.89. The lowest BCUT2D eigenvalue weighted by Crippen LogP contribution is -2.29. The zero-order valence-corrected chi connectivity index (χ0v) is 13.1. The van der Waals surface area contributed by atoms with Crippen LogP contribution in [0.1, 0.15) is 37.3 Å². The van der Waals surface area contributed by atoms with Crippen molar-refractivity contribution in [1.82, 2.24) is 4.90 Å². The average Bonchev–Trinajstić information content (AvgIpc) is 2.82. The minimum absolute atomic E-state index is 0.0453. The Bertz CT molecular complexity index is 540. The van der Waals surface area contributed by atoms with E-state index in [1.54, 1.807) is 0 Å². The lowest BCUT2D eigenvalue weighted by Gasteiger charge is -2.16. The van der Waals surface area contributed by atoms with E-state index in [2.05, 4.69) is 12.2 Å². The van der Waals surface area contributed by atoms with Gasteiger partial charge in [0.15, 0.2) is 0 Å². The third-order valence-corrected chi connectivity index (χ3v) is 4.02. The van der Waals surface area contributed by atoms with Gasteiger partial charge in [0.25, 0.3) is 0 Å². The molecule has 0 aliphatic carbocycles. The van der Waals surface area contributed by atoms with Crippen molar-refractivity contribution in [2.24, 2.45) is 5.92 Å². The molecular formula is C17H24N2O2. The maximum absolute atomic E-state index is 12.4. The SMILES string of the molecule is CCCCN1CC(C(=O)Nc2cc(C)ccc2C)CC1=O. The summed E-state index contributed by atoms with van der Waals surface area (Å²) in [5.41, 5.74) is 3.00. The van der Waals surface area contributed by atoms with Gasteiger partial charge in [0.1, 0.15) is 0 Å². The van der Waals surface area contributed by atoms with E-state index in [1.807, 2.05) is 36.9 Å². The Kier molecular flexibility index (Phi) is 4.99. The van der Waals surface area contributed by atoms with Crippen LogP contribution in [0.5, 0.6) is 0 Å². The number of benzene rings is 1. The van der Waals surface area contributed by atoms with Gasteiger partial charge in [0, 0.05) is 25.2 Å². The highest BCUT2D eigenvalue weighted by Gasteiger charge is 2.33. The molecule has 1 saturated heterocycles. The first-order valence-corrected chi connectivity index (χ1v) is 7.67. The summed E-state index contributed by atoms with van der Waals surface area (Å²) >= 11 is 0. The summed E-state index contributed by atoms with van der Waals surface area (Å²) < 4.78 is 0. The Labute approximate surface area is 126 Å². The lowest BCUT2D eigenvalue weighted by molar-refractivity contribution is -0.128. The Balaban J connectivity index is 1.98. The molecule has 1 atom stereocenters. The van der Waals surface area contributed by atoms with E-state index in [0.717, 1.165) is 36.2 Å². The van der Waals surface area contributed by atoms with Gasteiger partial charge >= 0.3 is 0 Å². The molecule has 0 bridgehead atoms. The number of hydrogen-bond acceptors (Lipinski definition) is 2. The van der Waals surface area contributed by atoms with E-state index in [1.165, 1.54) is 0 Å². The molecule has 0 spiro atoms. The van der Waals surface area contributed by atoms with Gasteiger partial charge in [0.2, 0.25) is 11.8 Å². The van der Waals surface area contributed by atoms with Gasteiger partial charge in [0.05, 0.1) is 5.92 Å². The normalized spacial score (nSPS) is 18.1. The zero-order valence-electron chi connectivity index (χ0n) is 13.1. The van der Waals surface area contributed by atoms with Gasteiger partial charge in [-0.15, -0.1) is 0 Å². The van der Waals surface area contributed by atoms with Gasteiger partial charge in [-0.1, -0.05) is 25.5 Å². The maximum atomic E-state index is 12.4. The van der Waals surface area contributed by atoms with Crippen LogP contribution in [0.3, 0.4) is 0 Å².